The minimum atomic E-state index is -3.94. The van der Waals surface area contributed by atoms with Crippen LogP contribution in [0.3, 0.4) is 0 Å². The number of hydrogen-bond donors (Lipinski definition) is 0. The molecule has 2 aliphatic carbocycles. The van der Waals surface area contributed by atoms with E-state index in [1.807, 2.05) is 0 Å². The van der Waals surface area contributed by atoms with Gasteiger partial charge < -0.3 is 0 Å². The standard InChI is InChI=1S/2C24H27.C4H7F3Si.2ClH.Zr/c2*1-17-11-18(2)13-22(12-17)23-10-6-9-21-15-20(16-24(21)23)14-19-7-4-3-5-8-19;1-8-3-2-4(5,6)7;;;/h2*6,9-13,15-16,19H,3-5,7-8,14H2,1-2H3;2-3H2,1H3;2*1H;/q2*-1;;;;+4/p-2. The summed E-state index contributed by atoms with van der Waals surface area (Å²) in [6, 6.07) is 37.3. The summed E-state index contributed by atoms with van der Waals surface area (Å²) in [6.07, 6.45) is 12.3. The van der Waals surface area contributed by atoms with Gasteiger partial charge in [0.15, 0.2) is 0 Å². The Bertz CT molecular complexity index is 2000. The molecule has 2 aliphatic rings. The van der Waals surface area contributed by atoms with E-state index in [2.05, 4.69) is 125 Å². The molecule has 59 heavy (non-hydrogen) atoms. The van der Waals surface area contributed by atoms with Crippen LogP contribution in [0, 0.1) is 39.5 Å². The molecule has 0 aromatic heterocycles. The van der Waals surface area contributed by atoms with Crippen LogP contribution in [0.5, 0.6) is 0 Å². The van der Waals surface area contributed by atoms with Gasteiger partial charge in [0.1, 0.15) is 0 Å². The summed E-state index contributed by atoms with van der Waals surface area (Å²) in [5.41, 5.74) is 13.9. The topological polar surface area (TPSA) is 0 Å². The van der Waals surface area contributed by atoms with E-state index < -0.39 is 33.4 Å². The van der Waals surface area contributed by atoms with E-state index in [0.29, 0.717) is 9.52 Å². The zero-order chi connectivity index (χ0) is 42.4. The summed E-state index contributed by atoms with van der Waals surface area (Å²) in [4.78, 5) is 0. The number of alkyl halides is 3. The zero-order valence-electron chi connectivity index (χ0n) is 35.7. The van der Waals surface area contributed by atoms with Crippen molar-refractivity contribution in [3.05, 3.63) is 130 Å². The van der Waals surface area contributed by atoms with Crippen LogP contribution in [0.4, 0.5) is 13.2 Å². The third-order valence-electron chi connectivity index (χ3n) is 11.8. The first-order valence-electron chi connectivity index (χ1n) is 21.6. The number of fused-ring (bicyclic) bond motifs is 2. The summed E-state index contributed by atoms with van der Waals surface area (Å²) < 4.78 is 33.7. The molecule has 7 heteroatoms. The van der Waals surface area contributed by atoms with Gasteiger partial charge in [-0.1, -0.05) is 159 Å². The van der Waals surface area contributed by atoms with Crippen LogP contribution in [-0.2, 0) is 33.7 Å². The van der Waals surface area contributed by atoms with Crippen LogP contribution in [0.1, 0.15) is 104 Å². The molecule has 2 saturated carbocycles. The molecular formula is C52H61Cl2F3SiZr. The van der Waals surface area contributed by atoms with E-state index in [-0.39, 0.29) is 6.04 Å². The number of rotatable bonds is 8. The first-order chi connectivity index (χ1) is 28.3. The molecule has 0 N–H and O–H groups in total. The van der Waals surface area contributed by atoms with Gasteiger partial charge in [-0.2, -0.15) is 25.3 Å². The van der Waals surface area contributed by atoms with Gasteiger partial charge in [0.25, 0.3) is 0 Å². The van der Waals surface area contributed by atoms with Gasteiger partial charge in [0, 0.05) is 15.9 Å². The minimum absolute atomic E-state index is 0.281. The van der Waals surface area contributed by atoms with Crippen molar-refractivity contribution in [2.75, 3.05) is 0 Å². The Morgan fingerprint density at radius 2 is 0.966 bits per heavy atom. The summed E-state index contributed by atoms with van der Waals surface area (Å²) >= 11 is -0.826. The fourth-order valence-corrected chi connectivity index (χ4v) is 9.84. The third-order valence-corrected chi connectivity index (χ3v) is 12.6. The van der Waals surface area contributed by atoms with Gasteiger partial charge in [-0.15, -0.1) is 69.1 Å². The predicted octanol–water partition coefficient (Wildman–Crippen LogP) is 17.4. The number of benzene rings is 4. The van der Waals surface area contributed by atoms with Crippen LogP contribution in [0.25, 0.3) is 43.8 Å². The number of hydrogen-bond acceptors (Lipinski definition) is 0. The molecule has 0 nitrogen and oxygen atoms in total. The number of aryl methyl sites for hydroxylation is 4. The maximum absolute atomic E-state index is 11.2. The first kappa shape index (κ1) is 47.6. The van der Waals surface area contributed by atoms with E-state index in [4.69, 9.17) is 17.0 Å². The molecule has 0 bridgehead atoms. The van der Waals surface area contributed by atoms with Crippen molar-refractivity contribution >= 4 is 48.1 Å². The molecule has 2 radical (unpaired) electrons. The molecule has 0 saturated heterocycles. The normalized spacial score (nSPS) is 14.7. The van der Waals surface area contributed by atoms with Crippen LogP contribution < -0.4 is 0 Å². The van der Waals surface area contributed by atoms with Gasteiger partial charge in [-0.25, -0.2) is 0 Å². The average molecular weight is 933 g/mol. The molecule has 0 unspecified atom stereocenters. The fraction of sp³-hybridized carbons (Fsp3) is 0.423. The first-order valence-corrected chi connectivity index (χ1v) is 29.6. The maximum atomic E-state index is 11.2. The Morgan fingerprint density at radius 3 is 1.29 bits per heavy atom. The van der Waals surface area contributed by atoms with Crippen molar-refractivity contribution in [3.63, 3.8) is 0 Å². The van der Waals surface area contributed by atoms with Crippen molar-refractivity contribution in [1.82, 2.24) is 0 Å². The van der Waals surface area contributed by atoms with Crippen molar-refractivity contribution in [1.29, 1.82) is 0 Å². The van der Waals surface area contributed by atoms with Gasteiger partial charge in [0.2, 0.25) is 0 Å². The van der Waals surface area contributed by atoms with E-state index in [0.717, 1.165) is 11.8 Å². The molecule has 8 rings (SSSR count). The summed E-state index contributed by atoms with van der Waals surface area (Å²) in [5.74, 6) is 1.81. The van der Waals surface area contributed by atoms with E-state index in [1.54, 1.807) is 6.55 Å². The molecule has 0 heterocycles. The Labute approximate surface area is 373 Å². The van der Waals surface area contributed by atoms with Gasteiger partial charge in [-0.3, -0.25) is 0 Å². The van der Waals surface area contributed by atoms with Crippen LogP contribution in [-0.4, -0.2) is 15.7 Å². The Morgan fingerprint density at radius 1 is 0.593 bits per heavy atom. The van der Waals surface area contributed by atoms with Crippen molar-refractivity contribution in [3.8, 4) is 22.3 Å². The Hall–Kier alpha value is -2.43. The average Bonchev–Trinajstić information content (AvgIpc) is 3.81. The predicted molar refractivity (Wildman–Crippen MR) is 248 cm³/mol. The van der Waals surface area contributed by atoms with Crippen molar-refractivity contribution in [2.24, 2.45) is 11.8 Å². The molecule has 312 valence electrons. The Balaban J connectivity index is 0.000000180. The van der Waals surface area contributed by atoms with E-state index in [1.165, 1.54) is 154 Å². The van der Waals surface area contributed by atoms with E-state index >= 15 is 0 Å². The molecule has 2 fully saturated rings. The third kappa shape index (κ3) is 15.2. The number of halogens is 5. The second-order valence-electron chi connectivity index (χ2n) is 17.1. The molecule has 6 aromatic rings. The monoisotopic (exact) mass is 930 g/mol. The van der Waals surface area contributed by atoms with Crippen molar-refractivity contribution in [2.45, 2.75) is 130 Å². The second-order valence-corrected chi connectivity index (χ2v) is 22.0. The Kier molecular flexibility index (Phi) is 19.1. The molecule has 0 atom stereocenters. The molecule has 6 aromatic carbocycles. The van der Waals surface area contributed by atoms with E-state index in [9.17, 15) is 13.2 Å². The molecule has 0 spiro atoms. The molecule has 0 aliphatic heterocycles. The summed E-state index contributed by atoms with van der Waals surface area (Å²) in [7, 11) is 10.3. The SMILES string of the molecule is C[Si]CCC(F)(F)F.Cc1cc(C)cc(-c2cccc3[cH-]c(CC4CCCCC4)cc23)c1.Cc1cc(C)cc(-c2cccc3[cH-]c(CC4CCCCC4)cc23)c1.[Cl][Zr+2][Cl]. The molecular weight excluding hydrogens is 872 g/mol. The quantitative estimate of drug-likeness (QED) is 0.105. The van der Waals surface area contributed by atoms with Crippen LogP contribution in [0.15, 0.2) is 97.1 Å². The van der Waals surface area contributed by atoms with Crippen LogP contribution in [0.2, 0.25) is 12.6 Å². The fourth-order valence-electron chi connectivity index (χ4n) is 9.31. The second kappa shape index (κ2) is 23.7. The van der Waals surface area contributed by atoms with Gasteiger partial charge in [0.05, 0.1) is 0 Å². The zero-order valence-corrected chi connectivity index (χ0v) is 40.7. The van der Waals surface area contributed by atoms with Gasteiger partial charge >= 0.3 is 44.1 Å². The summed E-state index contributed by atoms with van der Waals surface area (Å²) in [6.45, 7) is 10.5. The van der Waals surface area contributed by atoms with Crippen LogP contribution >= 0.6 is 17.0 Å². The van der Waals surface area contributed by atoms with Gasteiger partial charge in [-0.05, 0) is 63.5 Å². The molecule has 0 amide bonds. The van der Waals surface area contributed by atoms with Crippen molar-refractivity contribution < 1.29 is 34.0 Å². The summed E-state index contributed by atoms with van der Waals surface area (Å²) in [5, 5.41) is 5.65.